The van der Waals surface area contributed by atoms with E-state index in [4.69, 9.17) is 0 Å². The number of hydrogen-bond donors (Lipinski definition) is 3. The number of amides is 2. The standard InChI is InChI=1S/C22H22N4O3S/c1-14-19(12-20(28)25-18-10-8-17(9-11-18)24-15(2)27)21(29)26-22(23-14)30-13-16-6-4-3-5-7-16/h3-11H,12-13H2,1-2H3,(H,24,27)(H,25,28)(H,23,26,29). The fraction of sp³-hybridized carbons (Fsp3) is 0.182. The van der Waals surface area contributed by atoms with E-state index in [0.29, 0.717) is 33.5 Å². The van der Waals surface area contributed by atoms with Crippen molar-refractivity contribution in [3.63, 3.8) is 0 Å². The molecule has 3 rings (SSSR count). The lowest BCUT2D eigenvalue weighted by molar-refractivity contribution is -0.116. The van der Waals surface area contributed by atoms with E-state index in [9.17, 15) is 14.4 Å². The molecule has 0 unspecified atom stereocenters. The first-order valence-corrected chi connectivity index (χ1v) is 10.3. The summed E-state index contributed by atoms with van der Waals surface area (Å²) in [5, 5.41) is 5.93. The highest BCUT2D eigenvalue weighted by Crippen LogP contribution is 2.19. The van der Waals surface area contributed by atoms with E-state index >= 15 is 0 Å². The fourth-order valence-corrected chi connectivity index (χ4v) is 3.66. The summed E-state index contributed by atoms with van der Waals surface area (Å²) in [6, 6.07) is 16.7. The molecule has 0 aliphatic rings. The van der Waals surface area contributed by atoms with Crippen LogP contribution in [0.4, 0.5) is 11.4 Å². The molecule has 0 radical (unpaired) electrons. The summed E-state index contributed by atoms with van der Waals surface area (Å²) in [6.07, 6.45) is -0.0781. The van der Waals surface area contributed by atoms with Gasteiger partial charge in [0.1, 0.15) is 0 Å². The summed E-state index contributed by atoms with van der Waals surface area (Å²) in [5.74, 6) is 0.207. The van der Waals surface area contributed by atoms with Crippen LogP contribution >= 0.6 is 11.8 Å². The molecule has 154 valence electrons. The van der Waals surface area contributed by atoms with Crippen molar-refractivity contribution >= 4 is 35.0 Å². The molecule has 0 saturated carbocycles. The highest BCUT2D eigenvalue weighted by molar-refractivity contribution is 7.98. The molecule has 2 aromatic carbocycles. The van der Waals surface area contributed by atoms with Gasteiger partial charge in [0.05, 0.1) is 6.42 Å². The first kappa shape index (κ1) is 21.3. The Morgan fingerprint density at radius 3 is 2.23 bits per heavy atom. The van der Waals surface area contributed by atoms with Crippen molar-refractivity contribution in [2.24, 2.45) is 0 Å². The van der Waals surface area contributed by atoms with Crippen molar-refractivity contribution in [2.45, 2.75) is 31.2 Å². The van der Waals surface area contributed by atoms with Gasteiger partial charge in [-0.05, 0) is 36.8 Å². The number of aromatic nitrogens is 2. The minimum atomic E-state index is -0.317. The van der Waals surface area contributed by atoms with Gasteiger partial charge in [0, 0.05) is 35.3 Å². The molecule has 8 heteroatoms. The quantitative estimate of drug-likeness (QED) is 0.399. The van der Waals surface area contributed by atoms with Crippen LogP contribution in [0.25, 0.3) is 0 Å². The Morgan fingerprint density at radius 1 is 1.00 bits per heavy atom. The molecule has 1 heterocycles. The lowest BCUT2D eigenvalue weighted by Gasteiger charge is -2.09. The number of rotatable bonds is 7. The molecule has 0 aliphatic heterocycles. The number of carbonyl (C=O) groups excluding carboxylic acids is 2. The molecule has 0 bridgehead atoms. The van der Waals surface area contributed by atoms with Crippen LogP contribution in [-0.4, -0.2) is 21.8 Å². The third-order valence-electron chi connectivity index (χ3n) is 4.25. The maximum atomic E-state index is 12.5. The summed E-state index contributed by atoms with van der Waals surface area (Å²) < 4.78 is 0. The molecular formula is C22H22N4O3S. The number of H-pyrrole nitrogens is 1. The van der Waals surface area contributed by atoms with Crippen LogP contribution in [0.1, 0.15) is 23.7 Å². The van der Waals surface area contributed by atoms with Gasteiger partial charge >= 0.3 is 0 Å². The van der Waals surface area contributed by atoms with Gasteiger partial charge in [0.15, 0.2) is 5.16 Å². The number of hydrogen-bond acceptors (Lipinski definition) is 5. The van der Waals surface area contributed by atoms with Crippen LogP contribution in [0.2, 0.25) is 0 Å². The molecule has 3 N–H and O–H groups in total. The predicted octanol–water partition coefficient (Wildman–Crippen LogP) is 3.51. The average Bonchev–Trinajstić information content (AvgIpc) is 2.71. The molecule has 0 spiro atoms. The largest absolute Gasteiger partial charge is 0.326 e. The third kappa shape index (κ3) is 6.05. The van der Waals surface area contributed by atoms with Gasteiger partial charge in [-0.2, -0.15) is 0 Å². The van der Waals surface area contributed by atoms with E-state index in [2.05, 4.69) is 20.6 Å². The summed E-state index contributed by atoms with van der Waals surface area (Å²) in [4.78, 5) is 43.1. The van der Waals surface area contributed by atoms with Crippen LogP contribution in [-0.2, 0) is 21.8 Å². The van der Waals surface area contributed by atoms with Gasteiger partial charge in [0.2, 0.25) is 11.8 Å². The molecule has 0 aliphatic carbocycles. The normalized spacial score (nSPS) is 10.5. The number of thioether (sulfide) groups is 1. The molecule has 2 amide bonds. The van der Waals surface area contributed by atoms with Gasteiger partial charge < -0.3 is 15.6 Å². The van der Waals surface area contributed by atoms with Crippen LogP contribution in [0.5, 0.6) is 0 Å². The zero-order valence-corrected chi connectivity index (χ0v) is 17.5. The maximum Gasteiger partial charge on any atom is 0.255 e. The fourth-order valence-electron chi connectivity index (χ4n) is 2.79. The van der Waals surface area contributed by atoms with E-state index in [1.54, 1.807) is 31.2 Å². The zero-order chi connectivity index (χ0) is 21.5. The number of nitrogens with zero attached hydrogens (tertiary/aromatic N) is 1. The topological polar surface area (TPSA) is 104 Å². The Hall–Kier alpha value is -3.39. The third-order valence-corrected chi connectivity index (χ3v) is 5.19. The zero-order valence-electron chi connectivity index (χ0n) is 16.7. The lowest BCUT2D eigenvalue weighted by Crippen LogP contribution is -2.23. The van der Waals surface area contributed by atoms with E-state index < -0.39 is 0 Å². The number of aromatic amines is 1. The summed E-state index contributed by atoms with van der Waals surface area (Å²) in [7, 11) is 0. The Kier molecular flexibility index (Phi) is 7.03. The van der Waals surface area contributed by atoms with E-state index in [0.717, 1.165) is 5.56 Å². The number of benzene rings is 2. The van der Waals surface area contributed by atoms with Crippen molar-refractivity contribution in [3.8, 4) is 0 Å². The van der Waals surface area contributed by atoms with E-state index in [-0.39, 0.29) is 23.8 Å². The van der Waals surface area contributed by atoms with E-state index in [1.807, 2.05) is 30.3 Å². The average molecular weight is 423 g/mol. The summed E-state index contributed by atoms with van der Waals surface area (Å²) in [5.41, 5.74) is 2.91. The second-order valence-electron chi connectivity index (χ2n) is 6.69. The first-order valence-electron chi connectivity index (χ1n) is 9.35. The van der Waals surface area contributed by atoms with E-state index in [1.165, 1.54) is 18.7 Å². The minimum absolute atomic E-state index is 0.0781. The van der Waals surface area contributed by atoms with Crippen molar-refractivity contribution in [1.82, 2.24) is 9.97 Å². The Bertz CT molecular complexity index is 1100. The maximum absolute atomic E-state index is 12.5. The monoisotopic (exact) mass is 422 g/mol. The highest BCUT2D eigenvalue weighted by Gasteiger charge is 2.13. The smallest absolute Gasteiger partial charge is 0.255 e. The second-order valence-corrected chi connectivity index (χ2v) is 7.66. The van der Waals surface area contributed by atoms with Gasteiger partial charge in [-0.15, -0.1) is 0 Å². The van der Waals surface area contributed by atoms with Gasteiger partial charge in [-0.25, -0.2) is 4.98 Å². The number of carbonyl (C=O) groups is 2. The van der Waals surface area contributed by atoms with Crippen LogP contribution in [0.3, 0.4) is 0 Å². The molecule has 7 nitrogen and oxygen atoms in total. The highest BCUT2D eigenvalue weighted by atomic mass is 32.2. The molecule has 30 heavy (non-hydrogen) atoms. The first-order chi connectivity index (χ1) is 14.4. The summed E-state index contributed by atoms with van der Waals surface area (Å²) >= 11 is 1.44. The lowest BCUT2D eigenvalue weighted by atomic mass is 10.1. The molecule has 0 fully saturated rings. The van der Waals surface area contributed by atoms with Gasteiger partial charge in [-0.3, -0.25) is 14.4 Å². The molecule has 0 atom stereocenters. The Balaban J connectivity index is 1.62. The summed E-state index contributed by atoms with van der Waals surface area (Å²) in [6.45, 7) is 3.15. The van der Waals surface area contributed by atoms with Crippen molar-refractivity contribution in [2.75, 3.05) is 10.6 Å². The predicted molar refractivity (Wildman–Crippen MR) is 119 cm³/mol. The van der Waals surface area contributed by atoms with Crippen LogP contribution < -0.4 is 16.2 Å². The van der Waals surface area contributed by atoms with Crippen molar-refractivity contribution in [3.05, 3.63) is 81.8 Å². The second kappa shape index (κ2) is 9.89. The molecule has 1 aromatic heterocycles. The minimum Gasteiger partial charge on any atom is -0.326 e. The Labute approximate surface area is 178 Å². The number of aryl methyl sites for hydroxylation is 1. The van der Waals surface area contributed by atoms with Gasteiger partial charge in [-0.1, -0.05) is 42.1 Å². The molecule has 3 aromatic rings. The van der Waals surface area contributed by atoms with Crippen LogP contribution in [0.15, 0.2) is 64.5 Å². The number of nitrogens with one attached hydrogen (secondary N) is 3. The molecular weight excluding hydrogens is 400 g/mol. The van der Waals surface area contributed by atoms with Gasteiger partial charge in [0.25, 0.3) is 5.56 Å². The SMILES string of the molecule is CC(=O)Nc1ccc(NC(=O)Cc2c(C)nc(SCc3ccccc3)[nH]c2=O)cc1. The van der Waals surface area contributed by atoms with Crippen LogP contribution in [0, 0.1) is 6.92 Å². The van der Waals surface area contributed by atoms with Crippen molar-refractivity contribution < 1.29 is 9.59 Å². The Morgan fingerprint density at radius 2 is 1.63 bits per heavy atom. The number of anilines is 2. The molecule has 0 saturated heterocycles. The van der Waals surface area contributed by atoms with Crippen molar-refractivity contribution in [1.29, 1.82) is 0 Å².